The second-order valence-electron chi connectivity index (χ2n) is 5.69. The summed E-state index contributed by atoms with van der Waals surface area (Å²) in [5, 5.41) is 15.5. The van der Waals surface area contributed by atoms with Crippen molar-refractivity contribution in [1.82, 2.24) is 4.98 Å². The highest BCUT2D eigenvalue weighted by Gasteiger charge is 2.10. The molecule has 26 heavy (non-hydrogen) atoms. The van der Waals surface area contributed by atoms with Crippen LogP contribution in [0.25, 0.3) is 0 Å². The first kappa shape index (κ1) is 17.5. The quantitative estimate of drug-likeness (QED) is 0.691. The monoisotopic (exact) mass is 362 g/mol. The Morgan fingerprint density at radius 1 is 1.12 bits per heavy atom. The number of hydrogen-bond donors (Lipinski definition) is 2. The molecule has 1 heterocycles. The maximum Gasteiger partial charge on any atom is 0.257 e. The number of carbonyl (C=O) groups is 1. The Labute approximate surface area is 156 Å². The van der Waals surface area contributed by atoms with Crippen LogP contribution in [-0.4, -0.2) is 10.9 Å². The Balaban J connectivity index is 1.79. The molecule has 0 saturated heterocycles. The van der Waals surface area contributed by atoms with E-state index in [9.17, 15) is 4.79 Å². The standard InChI is InChI=1S/C20H15ClN4O/c1-13-5-6-16(21)9-19(13)25-20(26)15-8-18(12-23-11-15)24-17-4-2-3-14(7-17)10-22/h2-9,11-12,24H,1H3,(H,25,26). The average molecular weight is 363 g/mol. The molecule has 0 unspecified atom stereocenters. The minimum Gasteiger partial charge on any atom is -0.354 e. The van der Waals surface area contributed by atoms with Crippen LogP contribution in [0, 0.1) is 18.3 Å². The van der Waals surface area contributed by atoms with E-state index in [0.717, 1.165) is 11.3 Å². The molecule has 0 fully saturated rings. The fourth-order valence-electron chi connectivity index (χ4n) is 2.39. The van der Waals surface area contributed by atoms with Gasteiger partial charge in [-0.05, 0) is 48.9 Å². The van der Waals surface area contributed by atoms with Crippen molar-refractivity contribution in [2.24, 2.45) is 0 Å². The van der Waals surface area contributed by atoms with Crippen molar-refractivity contribution in [2.45, 2.75) is 6.92 Å². The number of nitrogens with one attached hydrogen (secondary N) is 2. The lowest BCUT2D eigenvalue weighted by Gasteiger charge is -2.10. The zero-order valence-electron chi connectivity index (χ0n) is 14.0. The lowest BCUT2D eigenvalue weighted by molar-refractivity contribution is 0.102. The first-order valence-corrected chi connectivity index (χ1v) is 8.23. The summed E-state index contributed by atoms with van der Waals surface area (Å²) in [6.45, 7) is 1.89. The number of benzene rings is 2. The van der Waals surface area contributed by atoms with Crippen LogP contribution in [0.2, 0.25) is 5.02 Å². The third-order valence-corrected chi connectivity index (χ3v) is 3.96. The van der Waals surface area contributed by atoms with Crippen molar-refractivity contribution >= 4 is 34.6 Å². The van der Waals surface area contributed by atoms with Crippen molar-refractivity contribution in [3.63, 3.8) is 0 Å². The van der Waals surface area contributed by atoms with Gasteiger partial charge in [0, 0.05) is 22.6 Å². The van der Waals surface area contributed by atoms with Crippen LogP contribution < -0.4 is 10.6 Å². The zero-order valence-corrected chi connectivity index (χ0v) is 14.7. The molecule has 2 aromatic carbocycles. The maximum atomic E-state index is 12.5. The lowest BCUT2D eigenvalue weighted by Crippen LogP contribution is -2.13. The van der Waals surface area contributed by atoms with Crippen molar-refractivity contribution < 1.29 is 4.79 Å². The molecule has 0 aliphatic heterocycles. The summed E-state index contributed by atoms with van der Waals surface area (Å²) in [5.74, 6) is -0.280. The summed E-state index contributed by atoms with van der Waals surface area (Å²) in [5.41, 5.74) is 3.92. The van der Waals surface area contributed by atoms with E-state index in [4.69, 9.17) is 16.9 Å². The van der Waals surface area contributed by atoms with Gasteiger partial charge < -0.3 is 10.6 Å². The molecule has 1 amide bonds. The zero-order chi connectivity index (χ0) is 18.5. The molecule has 2 N–H and O–H groups in total. The summed E-state index contributed by atoms with van der Waals surface area (Å²) in [6.07, 6.45) is 3.10. The van der Waals surface area contributed by atoms with Crippen LogP contribution in [0.15, 0.2) is 60.9 Å². The topological polar surface area (TPSA) is 77.8 Å². The van der Waals surface area contributed by atoms with Crippen molar-refractivity contribution in [2.75, 3.05) is 10.6 Å². The summed E-state index contributed by atoms with van der Waals surface area (Å²) >= 11 is 5.99. The number of pyridine rings is 1. The molecule has 3 aromatic rings. The molecule has 0 atom stereocenters. The molecular weight excluding hydrogens is 348 g/mol. The van der Waals surface area contributed by atoms with E-state index in [0.29, 0.717) is 27.5 Å². The number of aryl methyl sites for hydroxylation is 1. The second kappa shape index (κ2) is 7.68. The van der Waals surface area contributed by atoms with Gasteiger partial charge in [-0.1, -0.05) is 23.7 Å². The van der Waals surface area contributed by atoms with Crippen LogP contribution in [0.3, 0.4) is 0 Å². The Morgan fingerprint density at radius 3 is 2.77 bits per heavy atom. The fraction of sp³-hybridized carbons (Fsp3) is 0.0500. The molecule has 0 aliphatic carbocycles. The number of hydrogen-bond acceptors (Lipinski definition) is 4. The van der Waals surface area contributed by atoms with Gasteiger partial charge in [0.2, 0.25) is 0 Å². The Morgan fingerprint density at radius 2 is 1.96 bits per heavy atom. The Bertz CT molecular complexity index is 1010. The normalized spacial score (nSPS) is 10.0. The third-order valence-electron chi connectivity index (χ3n) is 3.73. The molecule has 1 aromatic heterocycles. The summed E-state index contributed by atoms with van der Waals surface area (Å²) in [6, 6.07) is 16.2. The van der Waals surface area contributed by atoms with Crippen molar-refractivity contribution in [3.05, 3.63) is 82.6 Å². The number of aromatic nitrogens is 1. The second-order valence-corrected chi connectivity index (χ2v) is 6.13. The fourth-order valence-corrected chi connectivity index (χ4v) is 2.56. The Hall–Kier alpha value is -3.36. The molecule has 0 aliphatic rings. The molecule has 0 spiro atoms. The highest BCUT2D eigenvalue weighted by atomic mass is 35.5. The largest absolute Gasteiger partial charge is 0.354 e. The van der Waals surface area contributed by atoms with Gasteiger partial charge in [-0.15, -0.1) is 0 Å². The summed E-state index contributed by atoms with van der Waals surface area (Å²) < 4.78 is 0. The van der Waals surface area contributed by atoms with E-state index in [1.807, 2.05) is 19.1 Å². The lowest BCUT2D eigenvalue weighted by atomic mass is 10.1. The minimum absolute atomic E-state index is 0.280. The van der Waals surface area contributed by atoms with E-state index >= 15 is 0 Å². The van der Waals surface area contributed by atoms with Gasteiger partial charge in [-0.25, -0.2) is 0 Å². The van der Waals surface area contributed by atoms with E-state index in [1.165, 1.54) is 6.20 Å². The van der Waals surface area contributed by atoms with Crippen LogP contribution in [-0.2, 0) is 0 Å². The van der Waals surface area contributed by atoms with Gasteiger partial charge >= 0.3 is 0 Å². The molecule has 0 bridgehead atoms. The molecule has 128 valence electrons. The molecule has 3 rings (SSSR count). The van der Waals surface area contributed by atoms with Gasteiger partial charge in [0.1, 0.15) is 0 Å². The molecule has 6 heteroatoms. The molecular formula is C20H15ClN4O. The van der Waals surface area contributed by atoms with Crippen molar-refractivity contribution in [1.29, 1.82) is 5.26 Å². The number of carbonyl (C=O) groups excluding carboxylic acids is 1. The summed E-state index contributed by atoms with van der Waals surface area (Å²) in [4.78, 5) is 16.6. The molecule has 5 nitrogen and oxygen atoms in total. The van der Waals surface area contributed by atoms with Crippen LogP contribution >= 0.6 is 11.6 Å². The highest BCUT2D eigenvalue weighted by Crippen LogP contribution is 2.22. The molecule has 0 saturated carbocycles. The number of nitrogens with zero attached hydrogens (tertiary/aromatic N) is 2. The van der Waals surface area contributed by atoms with Crippen LogP contribution in [0.5, 0.6) is 0 Å². The minimum atomic E-state index is -0.280. The number of nitriles is 1. The average Bonchev–Trinajstić information content (AvgIpc) is 2.65. The first-order valence-electron chi connectivity index (χ1n) is 7.85. The SMILES string of the molecule is Cc1ccc(Cl)cc1NC(=O)c1cncc(Nc2cccc(C#N)c2)c1. The van der Waals surface area contributed by atoms with Crippen LogP contribution in [0.1, 0.15) is 21.5 Å². The predicted molar refractivity (Wildman–Crippen MR) is 103 cm³/mol. The van der Waals surface area contributed by atoms with Gasteiger partial charge in [0.25, 0.3) is 5.91 Å². The van der Waals surface area contributed by atoms with E-state index in [2.05, 4.69) is 21.7 Å². The predicted octanol–water partition coefficient (Wildman–Crippen LogP) is 4.91. The van der Waals surface area contributed by atoms with E-state index in [1.54, 1.807) is 42.6 Å². The van der Waals surface area contributed by atoms with Gasteiger partial charge in [0.15, 0.2) is 0 Å². The van der Waals surface area contributed by atoms with E-state index < -0.39 is 0 Å². The van der Waals surface area contributed by atoms with Crippen molar-refractivity contribution in [3.8, 4) is 6.07 Å². The first-order chi connectivity index (χ1) is 12.5. The molecule has 0 radical (unpaired) electrons. The smallest absolute Gasteiger partial charge is 0.257 e. The van der Waals surface area contributed by atoms with Crippen LogP contribution in [0.4, 0.5) is 17.1 Å². The van der Waals surface area contributed by atoms with Gasteiger partial charge in [-0.3, -0.25) is 9.78 Å². The number of anilines is 3. The van der Waals surface area contributed by atoms with Gasteiger partial charge in [-0.2, -0.15) is 5.26 Å². The number of rotatable bonds is 4. The summed E-state index contributed by atoms with van der Waals surface area (Å²) in [7, 11) is 0. The number of amides is 1. The number of halogens is 1. The van der Waals surface area contributed by atoms with Gasteiger partial charge in [0.05, 0.1) is 29.1 Å². The maximum absolute atomic E-state index is 12.5. The highest BCUT2D eigenvalue weighted by molar-refractivity contribution is 6.31. The Kier molecular flexibility index (Phi) is 5.16. The van der Waals surface area contributed by atoms with E-state index in [-0.39, 0.29) is 5.91 Å². The third kappa shape index (κ3) is 4.18.